The van der Waals surface area contributed by atoms with Crippen LogP contribution in [0.2, 0.25) is 0 Å². The van der Waals surface area contributed by atoms with Gasteiger partial charge in [-0.25, -0.2) is 0 Å². The number of Topliss-reactive ketones (excluding diaryl/α,β-unsaturated/α-hetero) is 4. The second-order valence-electron chi connectivity index (χ2n) is 12.4. The molecule has 4 aromatic carbocycles. The van der Waals surface area contributed by atoms with E-state index in [1.807, 2.05) is 126 Å². The van der Waals surface area contributed by atoms with Gasteiger partial charge >= 0.3 is 17.1 Å². The van der Waals surface area contributed by atoms with Gasteiger partial charge < -0.3 is 10.6 Å². The first-order valence-corrected chi connectivity index (χ1v) is 16.0. The predicted molar refractivity (Wildman–Crippen MR) is 193 cm³/mol. The van der Waals surface area contributed by atoms with Gasteiger partial charge in [-0.15, -0.1) is 12.1 Å². The predicted octanol–water partition coefficient (Wildman–Crippen LogP) is 9.78. The van der Waals surface area contributed by atoms with Crippen molar-refractivity contribution in [2.75, 3.05) is 0 Å². The van der Waals surface area contributed by atoms with Crippen LogP contribution in [0.1, 0.15) is 91.2 Å². The molecule has 0 radical (unpaired) electrons. The molecule has 0 spiro atoms. The van der Waals surface area contributed by atoms with Crippen LogP contribution in [0, 0.1) is 41.5 Å². The first-order valence-electron chi connectivity index (χ1n) is 16.0. The number of carbonyl (C=O) groups excluding carboxylic acids is 4. The number of nitrogens with zero attached hydrogens (tertiary/aromatic N) is 2. The monoisotopic (exact) mass is 693 g/mol. The van der Waals surface area contributed by atoms with Crippen molar-refractivity contribution < 1.29 is 36.2 Å². The van der Waals surface area contributed by atoms with Crippen LogP contribution in [0.3, 0.4) is 0 Å². The molecular formula is C42H42MnN2O4+. The van der Waals surface area contributed by atoms with Crippen LogP contribution in [0.15, 0.2) is 108 Å². The third kappa shape index (κ3) is 9.20. The molecule has 250 valence electrons. The summed E-state index contributed by atoms with van der Waals surface area (Å²) in [4.78, 5) is 53.6. The molecule has 0 unspecified atom stereocenters. The van der Waals surface area contributed by atoms with Crippen molar-refractivity contribution in [3.8, 4) is 0 Å². The quantitative estimate of drug-likeness (QED) is 0.0458. The number of aryl methyl sites for hydroxylation is 6. The van der Waals surface area contributed by atoms with Crippen LogP contribution in [-0.2, 0) is 26.7 Å². The van der Waals surface area contributed by atoms with Crippen molar-refractivity contribution >= 4 is 23.1 Å². The SMILES string of the molecule is CC(=O)/C(=C\[N-][C@@H](c1ccccc1)[C@@H]([N-]/C=C(\C(C)=O)C(=O)c1c(C)cc(C)cc1C)c1ccccc1)C(=O)c1c(C)cc(C)cc1C.[Mn+3]. The van der Waals surface area contributed by atoms with E-state index in [1.54, 1.807) is 0 Å². The van der Waals surface area contributed by atoms with E-state index in [-0.39, 0.29) is 28.2 Å². The van der Waals surface area contributed by atoms with Crippen molar-refractivity contribution in [2.45, 2.75) is 67.5 Å². The molecule has 0 N–H and O–H groups in total. The zero-order valence-electron chi connectivity index (χ0n) is 29.3. The first-order chi connectivity index (χ1) is 22.8. The zero-order chi connectivity index (χ0) is 35.1. The maximum atomic E-state index is 13.8. The average molecular weight is 694 g/mol. The number of ketones is 4. The molecule has 0 aliphatic rings. The van der Waals surface area contributed by atoms with E-state index in [2.05, 4.69) is 0 Å². The van der Waals surface area contributed by atoms with Crippen molar-refractivity contribution in [1.29, 1.82) is 0 Å². The fourth-order valence-corrected chi connectivity index (χ4v) is 6.27. The summed E-state index contributed by atoms with van der Waals surface area (Å²) >= 11 is 0. The minimum absolute atomic E-state index is 0. The van der Waals surface area contributed by atoms with Gasteiger partial charge in [0.15, 0.2) is 23.1 Å². The molecule has 4 rings (SSSR count). The maximum absolute atomic E-state index is 13.8. The zero-order valence-corrected chi connectivity index (χ0v) is 30.5. The van der Waals surface area contributed by atoms with Gasteiger partial charge in [0.1, 0.15) is 0 Å². The smallest absolute Gasteiger partial charge is 0.684 e. The molecular weight excluding hydrogens is 651 g/mol. The molecule has 4 aromatic rings. The number of rotatable bonds is 13. The Bertz CT molecular complexity index is 1740. The van der Waals surface area contributed by atoms with Crippen molar-refractivity contribution in [3.63, 3.8) is 0 Å². The summed E-state index contributed by atoms with van der Waals surface area (Å²) in [6, 6.07) is 25.2. The molecule has 0 fully saturated rings. The van der Waals surface area contributed by atoms with Gasteiger partial charge in [0, 0.05) is 22.3 Å². The number of benzene rings is 4. The Morgan fingerprint density at radius 3 is 1.06 bits per heavy atom. The van der Waals surface area contributed by atoms with Crippen molar-refractivity contribution in [2.24, 2.45) is 0 Å². The summed E-state index contributed by atoms with van der Waals surface area (Å²) in [5.74, 6) is -1.60. The second-order valence-corrected chi connectivity index (χ2v) is 12.4. The van der Waals surface area contributed by atoms with E-state index >= 15 is 0 Å². The maximum Gasteiger partial charge on any atom is 3.00 e. The topological polar surface area (TPSA) is 96.5 Å². The van der Waals surface area contributed by atoms with Crippen LogP contribution < -0.4 is 0 Å². The van der Waals surface area contributed by atoms with Gasteiger partial charge in [0.2, 0.25) is 0 Å². The summed E-state index contributed by atoms with van der Waals surface area (Å²) in [7, 11) is 0. The Kier molecular flexibility index (Phi) is 13.4. The van der Waals surface area contributed by atoms with Crippen molar-refractivity contribution in [3.05, 3.63) is 175 Å². The van der Waals surface area contributed by atoms with Gasteiger partial charge in [0.25, 0.3) is 0 Å². The summed E-state index contributed by atoms with van der Waals surface area (Å²) in [5, 5.41) is 9.77. The Balaban J connectivity index is 0.00000650. The molecule has 7 heteroatoms. The van der Waals surface area contributed by atoms with Gasteiger partial charge in [-0.05, 0) is 77.6 Å². The minimum Gasteiger partial charge on any atom is -0.684 e. The third-order valence-electron chi connectivity index (χ3n) is 8.37. The van der Waals surface area contributed by atoms with Gasteiger partial charge in [-0.1, -0.05) is 107 Å². The summed E-state index contributed by atoms with van der Waals surface area (Å²) < 4.78 is 0. The number of carbonyl (C=O) groups is 4. The fraction of sp³-hybridized carbons (Fsp3) is 0.238. The van der Waals surface area contributed by atoms with E-state index in [0.717, 1.165) is 44.5 Å². The molecule has 2 atom stereocenters. The molecule has 0 amide bonds. The van der Waals surface area contributed by atoms with Crippen LogP contribution >= 0.6 is 0 Å². The Morgan fingerprint density at radius 1 is 0.510 bits per heavy atom. The van der Waals surface area contributed by atoms with Crippen LogP contribution in [-0.4, -0.2) is 23.1 Å². The minimum atomic E-state index is -0.710. The Hall–Kier alpha value is -4.84. The number of hydrogen-bond donors (Lipinski definition) is 0. The molecule has 0 aliphatic carbocycles. The number of hydrogen-bond acceptors (Lipinski definition) is 4. The normalized spacial score (nSPS) is 12.7. The number of allylic oxidation sites excluding steroid dienone is 2. The fourth-order valence-electron chi connectivity index (χ4n) is 6.27. The standard InChI is InChI=1S/C42H44N2O4.Mn/c1-25-19-27(3)37(28(4)20-25)41(47)35(31(7)45)23-43-39(33-15-11-9-12-16-33)40(34-17-13-10-14-18-34)44-24-36(32(8)46)42(48)38-29(5)21-26(2)22-30(38)6;/h9-24,39-40H,1-8H3,(H2,43,44,45,46,47,48);/q;+3/p-2/t39-,40-;/m0./s1. The van der Waals surface area contributed by atoms with Crippen LogP contribution in [0.4, 0.5) is 0 Å². The van der Waals surface area contributed by atoms with Crippen molar-refractivity contribution in [1.82, 2.24) is 0 Å². The molecule has 0 heterocycles. The van der Waals surface area contributed by atoms with Crippen LogP contribution in [0.25, 0.3) is 10.6 Å². The summed E-state index contributed by atoms with van der Waals surface area (Å²) in [6.45, 7) is 14.1. The largest absolute Gasteiger partial charge is 3.00 e. The molecule has 6 nitrogen and oxygen atoms in total. The first kappa shape index (κ1) is 38.6. The third-order valence-corrected chi connectivity index (χ3v) is 8.37. The average Bonchev–Trinajstić information content (AvgIpc) is 3.01. The molecule has 0 bridgehead atoms. The van der Waals surface area contributed by atoms with E-state index in [9.17, 15) is 19.2 Å². The van der Waals surface area contributed by atoms with E-state index in [0.29, 0.717) is 11.1 Å². The van der Waals surface area contributed by atoms with E-state index in [4.69, 9.17) is 10.6 Å². The second kappa shape index (κ2) is 17.0. The van der Waals surface area contributed by atoms with E-state index < -0.39 is 35.2 Å². The van der Waals surface area contributed by atoms with Crippen LogP contribution in [0.5, 0.6) is 0 Å². The van der Waals surface area contributed by atoms with Gasteiger partial charge in [0.05, 0.1) is 0 Å². The van der Waals surface area contributed by atoms with E-state index in [1.165, 1.54) is 26.2 Å². The van der Waals surface area contributed by atoms with Gasteiger partial charge in [-0.2, -0.15) is 12.4 Å². The summed E-state index contributed by atoms with van der Waals surface area (Å²) in [5.41, 5.74) is 7.62. The Morgan fingerprint density at radius 2 is 0.796 bits per heavy atom. The molecule has 0 aromatic heterocycles. The Labute approximate surface area is 300 Å². The molecule has 0 aliphatic heterocycles. The summed E-state index contributed by atoms with van der Waals surface area (Å²) in [6.07, 6.45) is 2.71. The molecule has 49 heavy (non-hydrogen) atoms. The van der Waals surface area contributed by atoms with Gasteiger partial charge in [-0.3, -0.25) is 19.2 Å². The molecule has 0 saturated heterocycles. The molecule has 0 saturated carbocycles.